The molecule has 2 atom stereocenters. The first-order valence-electron chi connectivity index (χ1n) is 7.15. The van der Waals surface area contributed by atoms with Gasteiger partial charge in [-0.15, -0.1) is 0 Å². The van der Waals surface area contributed by atoms with Crippen molar-refractivity contribution in [3.8, 4) is 0 Å². The number of ether oxygens (including phenoxy) is 1. The number of nitrogens with one attached hydrogen (secondary N) is 1. The highest BCUT2D eigenvalue weighted by atomic mass is 32.2. The molecule has 0 heterocycles. The van der Waals surface area contributed by atoms with Crippen LogP contribution in [0.2, 0.25) is 0 Å². The highest BCUT2D eigenvalue weighted by Crippen LogP contribution is 2.26. The van der Waals surface area contributed by atoms with E-state index in [0.717, 1.165) is 30.0 Å². The third kappa shape index (κ3) is 2.81. The van der Waals surface area contributed by atoms with Crippen molar-refractivity contribution in [2.75, 3.05) is 7.11 Å². The van der Waals surface area contributed by atoms with Gasteiger partial charge >= 0.3 is 0 Å². The van der Waals surface area contributed by atoms with Gasteiger partial charge in [0.05, 0.1) is 11.0 Å². The summed E-state index contributed by atoms with van der Waals surface area (Å²) in [6.07, 6.45) is 2.68. The zero-order valence-electron chi connectivity index (χ0n) is 12.0. The Morgan fingerprint density at radius 3 is 2.67 bits per heavy atom. The summed E-state index contributed by atoms with van der Waals surface area (Å²) in [6.45, 7) is 0. The number of rotatable bonds is 4. The average Bonchev–Trinajstić information content (AvgIpc) is 2.93. The van der Waals surface area contributed by atoms with Gasteiger partial charge in [-0.25, -0.2) is 13.1 Å². The normalized spacial score (nSPS) is 22.7. The Kier molecular flexibility index (Phi) is 3.97. The molecule has 1 aliphatic carbocycles. The fraction of sp³-hybridized carbons (Fsp3) is 0.375. The van der Waals surface area contributed by atoms with Gasteiger partial charge in [-0.2, -0.15) is 0 Å². The first-order chi connectivity index (χ1) is 10.1. The maximum absolute atomic E-state index is 12.7. The van der Waals surface area contributed by atoms with Crippen LogP contribution in [0.1, 0.15) is 19.3 Å². The Hall–Kier alpha value is -1.43. The number of fused-ring (bicyclic) bond motifs is 1. The van der Waals surface area contributed by atoms with E-state index in [1.165, 1.54) is 0 Å². The number of sulfonamides is 1. The zero-order valence-corrected chi connectivity index (χ0v) is 12.8. The standard InChI is InChI=1S/C16H19NO3S/c1-20-15-10-5-9-14(15)17-21(18,19)16-11-4-7-12-6-2-3-8-13(12)16/h2-4,6-8,11,14-15,17H,5,9-10H2,1H3. The molecule has 0 radical (unpaired) electrons. The van der Waals surface area contributed by atoms with E-state index in [4.69, 9.17) is 4.74 Å². The summed E-state index contributed by atoms with van der Waals surface area (Å²) in [7, 11) is -1.91. The van der Waals surface area contributed by atoms with Crippen molar-refractivity contribution in [1.29, 1.82) is 0 Å². The van der Waals surface area contributed by atoms with E-state index in [-0.39, 0.29) is 12.1 Å². The molecule has 1 N–H and O–H groups in total. The van der Waals surface area contributed by atoms with Crippen molar-refractivity contribution >= 4 is 20.8 Å². The topological polar surface area (TPSA) is 55.4 Å². The molecule has 2 unspecified atom stereocenters. The summed E-state index contributed by atoms with van der Waals surface area (Å²) in [5, 5.41) is 1.68. The molecule has 112 valence electrons. The van der Waals surface area contributed by atoms with Crippen LogP contribution in [0.3, 0.4) is 0 Å². The number of benzene rings is 2. The summed E-state index contributed by atoms with van der Waals surface area (Å²) < 4.78 is 33.6. The maximum atomic E-state index is 12.7. The van der Waals surface area contributed by atoms with Crippen molar-refractivity contribution in [3.05, 3.63) is 42.5 Å². The third-order valence-electron chi connectivity index (χ3n) is 4.10. The minimum absolute atomic E-state index is 0.0326. The molecule has 5 heteroatoms. The molecule has 1 fully saturated rings. The molecule has 3 rings (SSSR count). The van der Waals surface area contributed by atoms with E-state index in [1.54, 1.807) is 19.2 Å². The lowest BCUT2D eigenvalue weighted by Crippen LogP contribution is -2.40. The second-order valence-corrected chi connectivity index (χ2v) is 7.09. The number of hydrogen-bond donors (Lipinski definition) is 1. The van der Waals surface area contributed by atoms with Crippen LogP contribution in [0.4, 0.5) is 0 Å². The first-order valence-corrected chi connectivity index (χ1v) is 8.63. The molecule has 4 nitrogen and oxygen atoms in total. The Balaban J connectivity index is 1.97. The van der Waals surface area contributed by atoms with Gasteiger partial charge in [0.2, 0.25) is 10.0 Å². The fourth-order valence-corrected chi connectivity index (χ4v) is 4.56. The Labute approximate surface area is 125 Å². The van der Waals surface area contributed by atoms with E-state index >= 15 is 0 Å². The van der Waals surface area contributed by atoms with Crippen molar-refractivity contribution in [1.82, 2.24) is 4.72 Å². The zero-order chi connectivity index (χ0) is 14.9. The molecule has 2 aromatic carbocycles. The molecule has 0 bridgehead atoms. The van der Waals surface area contributed by atoms with Crippen LogP contribution in [-0.2, 0) is 14.8 Å². The fourth-order valence-electron chi connectivity index (χ4n) is 3.04. The second-order valence-electron chi connectivity index (χ2n) is 5.41. The van der Waals surface area contributed by atoms with Crippen LogP contribution >= 0.6 is 0 Å². The van der Waals surface area contributed by atoms with Gasteiger partial charge in [-0.05, 0) is 30.7 Å². The van der Waals surface area contributed by atoms with Crippen LogP contribution in [0.15, 0.2) is 47.4 Å². The van der Waals surface area contributed by atoms with E-state index < -0.39 is 10.0 Å². The van der Waals surface area contributed by atoms with E-state index in [2.05, 4.69) is 4.72 Å². The highest BCUT2D eigenvalue weighted by molar-refractivity contribution is 7.89. The van der Waals surface area contributed by atoms with Crippen LogP contribution < -0.4 is 4.72 Å². The molecule has 0 saturated heterocycles. The second kappa shape index (κ2) is 5.75. The molecule has 2 aromatic rings. The molecule has 0 aromatic heterocycles. The SMILES string of the molecule is COC1CCCC1NS(=O)(=O)c1cccc2ccccc12. The third-order valence-corrected chi connectivity index (χ3v) is 5.65. The lowest BCUT2D eigenvalue weighted by molar-refractivity contribution is 0.0916. The summed E-state index contributed by atoms with van der Waals surface area (Å²) in [4.78, 5) is 0.336. The highest BCUT2D eigenvalue weighted by Gasteiger charge is 2.31. The summed E-state index contributed by atoms with van der Waals surface area (Å²) in [5.41, 5.74) is 0. The van der Waals surface area contributed by atoms with Gasteiger partial charge in [-0.1, -0.05) is 36.4 Å². The van der Waals surface area contributed by atoms with E-state index in [0.29, 0.717) is 4.90 Å². The van der Waals surface area contributed by atoms with Gasteiger partial charge in [-0.3, -0.25) is 0 Å². The molecule has 21 heavy (non-hydrogen) atoms. The van der Waals surface area contributed by atoms with E-state index in [9.17, 15) is 8.42 Å². The van der Waals surface area contributed by atoms with Gasteiger partial charge in [0.25, 0.3) is 0 Å². The molecule has 1 aliphatic rings. The first kappa shape index (κ1) is 14.5. The lowest BCUT2D eigenvalue weighted by atomic mass is 10.1. The van der Waals surface area contributed by atoms with Crippen molar-refractivity contribution < 1.29 is 13.2 Å². The van der Waals surface area contributed by atoms with Crippen LogP contribution in [0.25, 0.3) is 10.8 Å². The smallest absolute Gasteiger partial charge is 0.241 e. The number of methoxy groups -OCH3 is 1. The molecule has 1 saturated carbocycles. The molecule has 0 amide bonds. The van der Waals surface area contributed by atoms with E-state index in [1.807, 2.05) is 30.3 Å². The average molecular weight is 305 g/mol. The van der Waals surface area contributed by atoms with Crippen LogP contribution in [0.5, 0.6) is 0 Å². The Bertz CT molecular complexity index is 737. The van der Waals surface area contributed by atoms with Gasteiger partial charge in [0.15, 0.2) is 0 Å². The van der Waals surface area contributed by atoms with Gasteiger partial charge < -0.3 is 4.74 Å². The van der Waals surface area contributed by atoms with Crippen molar-refractivity contribution in [3.63, 3.8) is 0 Å². The van der Waals surface area contributed by atoms with Gasteiger partial charge in [0, 0.05) is 18.5 Å². The molecular formula is C16H19NO3S. The molecular weight excluding hydrogens is 286 g/mol. The minimum Gasteiger partial charge on any atom is -0.380 e. The minimum atomic E-state index is -3.54. The van der Waals surface area contributed by atoms with Crippen molar-refractivity contribution in [2.45, 2.75) is 36.3 Å². The Morgan fingerprint density at radius 1 is 1.10 bits per heavy atom. The summed E-state index contributed by atoms with van der Waals surface area (Å²) in [6, 6.07) is 12.7. The van der Waals surface area contributed by atoms with Crippen LogP contribution in [0, 0.1) is 0 Å². The monoisotopic (exact) mass is 305 g/mol. The predicted octanol–water partition coefficient (Wildman–Crippen LogP) is 2.69. The summed E-state index contributed by atoms with van der Waals surface area (Å²) in [5.74, 6) is 0. The molecule has 0 aliphatic heterocycles. The quantitative estimate of drug-likeness (QED) is 0.945. The van der Waals surface area contributed by atoms with Gasteiger partial charge in [0.1, 0.15) is 0 Å². The lowest BCUT2D eigenvalue weighted by Gasteiger charge is -2.20. The predicted molar refractivity (Wildman–Crippen MR) is 82.7 cm³/mol. The largest absolute Gasteiger partial charge is 0.380 e. The molecule has 0 spiro atoms. The van der Waals surface area contributed by atoms with Crippen LogP contribution in [-0.4, -0.2) is 27.7 Å². The summed E-state index contributed by atoms with van der Waals surface area (Å²) >= 11 is 0. The Morgan fingerprint density at radius 2 is 1.86 bits per heavy atom. The van der Waals surface area contributed by atoms with Crippen molar-refractivity contribution in [2.24, 2.45) is 0 Å². The maximum Gasteiger partial charge on any atom is 0.241 e. The number of hydrogen-bond acceptors (Lipinski definition) is 3.